The Balaban J connectivity index is 2.44. The molecule has 0 saturated heterocycles. The Bertz CT molecular complexity index is 503. The first kappa shape index (κ1) is 10.5. The molecule has 0 aliphatic heterocycles. The van der Waals surface area contributed by atoms with Crippen LogP contribution in [-0.2, 0) is 0 Å². The first-order valence-corrected chi connectivity index (χ1v) is 5.13. The van der Waals surface area contributed by atoms with Crippen LogP contribution in [0.3, 0.4) is 0 Å². The second-order valence-electron chi connectivity index (χ2n) is 4.05. The van der Waals surface area contributed by atoms with Gasteiger partial charge in [0.25, 0.3) is 0 Å². The molecule has 4 nitrogen and oxygen atoms in total. The van der Waals surface area contributed by atoms with Crippen LogP contribution in [0.2, 0.25) is 0 Å². The molecule has 1 aromatic heterocycles. The summed E-state index contributed by atoms with van der Waals surface area (Å²) in [5.74, 6) is 1.34. The average Bonchev–Trinajstić information content (AvgIpc) is 2.64. The third-order valence-corrected chi connectivity index (χ3v) is 2.48. The third kappa shape index (κ3) is 1.86. The van der Waals surface area contributed by atoms with E-state index in [2.05, 4.69) is 19.0 Å². The quantitative estimate of drug-likeness (QED) is 0.812. The van der Waals surface area contributed by atoms with E-state index in [0.29, 0.717) is 23.1 Å². The zero-order valence-electron chi connectivity index (χ0n) is 9.27. The van der Waals surface area contributed by atoms with Gasteiger partial charge in [0.1, 0.15) is 5.75 Å². The molecule has 0 radical (unpaired) electrons. The van der Waals surface area contributed by atoms with Gasteiger partial charge in [-0.2, -0.15) is 0 Å². The van der Waals surface area contributed by atoms with Crippen molar-refractivity contribution in [1.82, 2.24) is 5.16 Å². The molecule has 1 aromatic carbocycles. The molecular weight excluding hydrogens is 204 g/mol. The Morgan fingerprint density at radius 1 is 1.31 bits per heavy atom. The summed E-state index contributed by atoms with van der Waals surface area (Å²) < 4.78 is 5.00. The van der Waals surface area contributed by atoms with Crippen molar-refractivity contribution in [3.63, 3.8) is 0 Å². The smallest absolute Gasteiger partial charge is 0.172 e. The van der Waals surface area contributed by atoms with Crippen molar-refractivity contribution in [3.05, 3.63) is 29.8 Å². The monoisotopic (exact) mass is 218 g/mol. The fourth-order valence-electron chi connectivity index (χ4n) is 1.53. The molecule has 2 rings (SSSR count). The fraction of sp³-hybridized carbons (Fsp3) is 0.250. The molecule has 0 bridgehead atoms. The van der Waals surface area contributed by atoms with Gasteiger partial charge in [0.05, 0.1) is 5.56 Å². The molecule has 0 fully saturated rings. The van der Waals surface area contributed by atoms with Crippen LogP contribution in [0, 0.1) is 0 Å². The van der Waals surface area contributed by atoms with E-state index in [0.717, 1.165) is 5.56 Å². The summed E-state index contributed by atoms with van der Waals surface area (Å²) in [4.78, 5) is 0. The number of hydrogen-bond acceptors (Lipinski definition) is 4. The maximum Gasteiger partial charge on any atom is 0.172 e. The highest BCUT2D eigenvalue weighted by Gasteiger charge is 2.11. The van der Waals surface area contributed by atoms with Gasteiger partial charge < -0.3 is 15.4 Å². The zero-order valence-corrected chi connectivity index (χ0v) is 9.27. The number of benzene rings is 1. The summed E-state index contributed by atoms with van der Waals surface area (Å²) >= 11 is 0. The molecule has 0 atom stereocenters. The molecule has 16 heavy (non-hydrogen) atoms. The number of nitrogens with two attached hydrogens (primary N) is 1. The third-order valence-electron chi connectivity index (χ3n) is 2.48. The number of hydrogen-bond donors (Lipinski definition) is 2. The lowest BCUT2D eigenvalue weighted by Crippen LogP contribution is -1.87. The number of nitrogens with zero attached hydrogens (tertiary/aromatic N) is 1. The lowest BCUT2D eigenvalue weighted by molar-refractivity contribution is 0.429. The molecule has 0 aliphatic carbocycles. The van der Waals surface area contributed by atoms with Crippen molar-refractivity contribution in [1.29, 1.82) is 0 Å². The van der Waals surface area contributed by atoms with Crippen LogP contribution in [-0.4, -0.2) is 10.3 Å². The molecule has 84 valence electrons. The number of rotatable bonds is 2. The first-order chi connectivity index (χ1) is 7.58. The molecule has 0 aliphatic rings. The normalized spacial score (nSPS) is 10.9. The Kier molecular flexibility index (Phi) is 2.56. The summed E-state index contributed by atoms with van der Waals surface area (Å²) in [5, 5.41) is 13.5. The second kappa shape index (κ2) is 3.89. The molecule has 2 aromatic rings. The highest BCUT2D eigenvalue weighted by molar-refractivity contribution is 5.67. The number of aromatic hydroxyl groups is 1. The summed E-state index contributed by atoms with van der Waals surface area (Å²) in [6.45, 7) is 4.14. The van der Waals surface area contributed by atoms with Crippen molar-refractivity contribution in [2.24, 2.45) is 0 Å². The highest BCUT2D eigenvalue weighted by atomic mass is 16.5. The fourth-order valence-corrected chi connectivity index (χ4v) is 1.53. The maximum absolute atomic E-state index is 9.87. The molecule has 0 unspecified atom stereocenters. The number of aromatic nitrogens is 1. The van der Waals surface area contributed by atoms with Crippen molar-refractivity contribution in [2.75, 3.05) is 5.73 Å². The lowest BCUT2D eigenvalue weighted by Gasteiger charge is -2.07. The van der Waals surface area contributed by atoms with Crippen LogP contribution < -0.4 is 5.73 Å². The van der Waals surface area contributed by atoms with Crippen LogP contribution in [0.4, 0.5) is 5.82 Å². The maximum atomic E-state index is 9.87. The van der Waals surface area contributed by atoms with Crippen LogP contribution in [0.1, 0.15) is 25.3 Å². The Labute approximate surface area is 93.7 Å². The van der Waals surface area contributed by atoms with E-state index >= 15 is 0 Å². The lowest BCUT2D eigenvalue weighted by atomic mass is 10.0. The summed E-state index contributed by atoms with van der Waals surface area (Å²) in [7, 11) is 0. The summed E-state index contributed by atoms with van der Waals surface area (Å²) in [5.41, 5.74) is 7.14. The second-order valence-corrected chi connectivity index (χ2v) is 4.05. The minimum atomic E-state index is 0.183. The minimum absolute atomic E-state index is 0.183. The highest BCUT2D eigenvalue weighted by Crippen LogP contribution is 2.32. The van der Waals surface area contributed by atoms with E-state index in [4.69, 9.17) is 10.3 Å². The van der Waals surface area contributed by atoms with E-state index in [9.17, 15) is 5.11 Å². The Morgan fingerprint density at radius 2 is 2.06 bits per heavy atom. The predicted molar refractivity (Wildman–Crippen MR) is 62.1 cm³/mol. The van der Waals surface area contributed by atoms with Crippen molar-refractivity contribution < 1.29 is 9.63 Å². The molecule has 0 amide bonds. The van der Waals surface area contributed by atoms with Gasteiger partial charge in [-0.15, -0.1) is 0 Å². The van der Waals surface area contributed by atoms with Crippen LogP contribution in [0.15, 0.2) is 28.8 Å². The van der Waals surface area contributed by atoms with Gasteiger partial charge in [-0.25, -0.2) is 0 Å². The van der Waals surface area contributed by atoms with Gasteiger partial charge >= 0.3 is 0 Å². The van der Waals surface area contributed by atoms with Gasteiger partial charge in [-0.05, 0) is 23.6 Å². The van der Waals surface area contributed by atoms with E-state index < -0.39 is 0 Å². The van der Waals surface area contributed by atoms with Gasteiger partial charge in [0.2, 0.25) is 0 Å². The van der Waals surface area contributed by atoms with E-state index in [1.165, 1.54) is 0 Å². The van der Waals surface area contributed by atoms with Crippen molar-refractivity contribution in [3.8, 4) is 17.1 Å². The van der Waals surface area contributed by atoms with Crippen LogP contribution in [0.25, 0.3) is 11.3 Å². The molecule has 0 spiro atoms. The van der Waals surface area contributed by atoms with E-state index in [1.807, 2.05) is 12.1 Å². The number of phenols is 1. The van der Waals surface area contributed by atoms with Gasteiger partial charge in [0.15, 0.2) is 11.6 Å². The minimum Gasteiger partial charge on any atom is -0.507 e. The van der Waals surface area contributed by atoms with Gasteiger partial charge in [-0.3, -0.25) is 0 Å². The Hall–Kier alpha value is -1.97. The first-order valence-electron chi connectivity index (χ1n) is 5.13. The van der Waals surface area contributed by atoms with Gasteiger partial charge in [0, 0.05) is 6.07 Å². The summed E-state index contributed by atoms with van der Waals surface area (Å²) in [6.07, 6.45) is 0. The van der Waals surface area contributed by atoms with Crippen LogP contribution >= 0.6 is 0 Å². The topological polar surface area (TPSA) is 72.3 Å². The van der Waals surface area contributed by atoms with Gasteiger partial charge in [-0.1, -0.05) is 25.1 Å². The van der Waals surface area contributed by atoms with Crippen molar-refractivity contribution in [2.45, 2.75) is 19.8 Å². The standard InChI is InChI=1S/C12H14N2O2/c1-7(2)8-3-4-9(10(15)5-8)11-6-12(13)14-16-11/h3-7,15H,1-2H3,(H2,13,14). The largest absolute Gasteiger partial charge is 0.507 e. The SMILES string of the molecule is CC(C)c1ccc(-c2cc(N)no2)c(O)c1. The molecule has 3 N–H and O–H groups in total. The van der Waals surface area contributed by atoms with E-state index in [1.54, 1.807) is 12.1 Å². The Morgan fingerprint density at radius 3 is 2.56 bits per heavy atom. The number of anilines is 1. The molecule has 4 heteroatoms. The average molecular weight is 218 g/mol. The van der Waals surface area contributed by atoms with Crippen LogP contribution in [0.5, 0.6) is 5.75 Å². The molecule has 0 saturated carbocycles. The number of phenolic OH excluding ortho intramolecular Hbond substituents is 1. The zero-order chi connectivity index (χ0) is 11.7. The summed E-state index contributed by atoms with van der Waals surface area (Å²) in [6, 6.07) is 7.09. The molecular formula is C12H14N2O2. The van der Waals surface area contributed by atoms with Crippen molar-refractivity contribution >= 4 is 5.82 Å². The number of nitrogen functional groups attached to an aromatic ring is 1. The molecule has 1 heterocycles. The van der Waals surface area contributed by atoms with E-state index in [-0.39, 0.29) is 5.75 Å². The predicted octanol–water partition coefficient (Wildman–Crippen LogP) is 2.75.